The van der Waals surface area contributed by atoms with Gasteiger partial charge in [0.2, 0.25) is 0 Å². The van der Waals surface area contributed by atoms with Gasteiger partial charge in [0.05, 0.1) is 19.9 Å². The summed E-state index contributed by atoms with van der Waals surface area (Å²) in [5.74, 6) is 1.87. The van der Waals surface area contributed by atoms with Crippen LogP contribution in [0.3, 0.4) is 0 Å². The number of carbonyl (C=O) groups excluding carboxylic acids is 1. The van der Waals surface area contributed by atoms with Crippen LogP contribution in [0.15, 0.2) is 75.3 Å². The topological polar surface area (TPSA) is 93.7 Å². The Hall–Kier alpha value is -3.70. The number of nitrogens with zero attached hydrogens (tertiary/aromatic N) is 1. The summed E-state index contributed by atoms with van der Waals surface area (Å²) in [7, 11) is 1.52. The lowest BCUT2D eigenvalue weighted by Gasteiger charge is -2.12. The Labute approximate surface area is 194 Å². The molecule has 0 saturated carbocycles. The molecule has 0 spiro atoms. The number of amides is 1. The van der Waals surface area contributed by atoms with Crippen molar-refractivity contribution in [1.82, 2.24) is 5.32 Å². The predicted octanol–water partition coefficient (Wildman–Crippen LogP) is 4.73. The van der Waals surface area contributed by atoms with E-state index in [0.717, 1.165) is 10.2 Å². The highest BCUT2D eigenvalue weighted by molar-refractivity contribution is 9.10. The molecule has 3 aromatic rings. The Balaban J connectivity index is 1.58. The second kappa shape index (κ2) is 11.6. The van der Waals surface area contributed by atoms with Gasteiger partial charge < -0.3 is 23.9 Å². The standard InChI is InChI=1S/C24H21BrN2O5/c1-29-23-14-17(13-18(15-26)24(28)27-16-21-3-2-10-30-21)4-9-22(23)32-12-11-31-20-7-5-19(25)6-8-20/h2-10,13-14H,11-12,16H2,1H3,(H,27,28)/b18-13+. The summed E-state index contributed by atoms with van der Waals surface area (Å²) in [6.45, 7) is 0.879. The summed E-state index contributed by atoms with van der Waals surface area (Å²) in [6, 6.07) is 18.1. The maximum absolute atomic E-state index is 12.3. The largest absolute Gasteiger partial charge is 0.493 e. The molecule has 0 aliphatic heterocycles. The van der Waals surface area contributed by atoms with Crippen molar-refractivity contribution in [2.24, 2.45) is 0 Å². The van der Waals surface area contributed by atoms with E-state index in [1.54, 1.807) is 30.3 Å². The van der Waals surface area contributed by atoms with Gasteiger partial charge in [-0.05, 0) is 60.2 Å². The number of methoxy groups -OCH3 is 1. The summed E-state index contributed by atoms with van der Waals surface area (Å²) >= 11 is 3.38. The van der Waals surface area contributed by atoms with Crippen LogP contribution in [-0.2, 0) is 11.3 Å². The monoisotopic (exact) mass is 496 g/mol. The third-order valence-corrected chi connectivity index (χ3v) is 4.82. The molecule has 0 fully saturated rings. The van der Waals surface area contributed by atoms with Gasteiger partial charge in [0.1, 0.15) is 36.4 Å². The zero-order valence-electron chi connectivity index (χ0n) is 17.3. The van der Waals surface area contributed by atoms with Gasteiger partial charge in [0, 0.05) is 4.47 Å². The van der Waals surface area contributed by atoms with Crippen LogP contribution in [0.1, 0.15) is 11.3 Å². The first-order chi connectivity index (χ1) is 15.6. The third-order valence-electron chi connectivity index (χ3n) is 4.29. The Bertz CT molecular complexity index is 1100. The lowest BCUT2D eigenvalue weighted by Crippen LogP contribution is -2.23. The first-order valence-corrected chi connectivity index (χ1v) is 10.5. The minimum absolute atomic E-state index is 0.0322. The molecule has 2 aromatic carbocycles. The molecule has 1 aromatic heterocycles. The smallest absolute Gasteiger partial charge is 0.262 e. The van der Waals surface area contributed by atoms with Gasteiger partial charge in [0.25, 0.3) is 5.91 Å². The van der Waals surface area contributed by atoms with Crippen LogP contribution < -0.4 is 19.5 Å². The van der Waals surface area contributed by atoms with Gasteiger partial charge in [-0.15, -0.1) is 0 Å². The third kappa shape index (κ3) is 6.65. The molecule has 1 N–H and O–H groups in total. The molecule has 164 valence electrons. The van der Waals surface area contributed by atoms with Crippen molar-refractivity contribution in [3.63, 3.8) is 0 Å². The molecule has 3 rings (SSSR count). The van der Waals surface area contributed by atoms with Crippen LogP contribution in [0, 0.1) is 11.3 Å². The zero-order chi connectivity index (χ0) is 22.8. The van der Waals surface area contributed by atoms with Crippen LogP contribution in [0.5, 0.6) is 17.2 Å². The Morgan fingerprint density at radius 3 is 2.59 bits per heavy atom. The first kappa shape index (κ1) is 23.0. The molecular formula is C24H21BrN2O5. The van der Waals surface area contributed by atoms with Crippen molar-refractivity contribution >= 4 is 27.9 Å². The molecule has 0 aliphatic rings. The zero-order valence-corrected chi connectivity index (χ0v) is 18.9. The van der Waals surface area contributed by atoms with Crippen molar-refractivity contribution < 1.29 is 23.4 Å². The lowest BCUT2D eigenvalue weighted by atomic mass is 10.1. The van der Waals surface area contributed by atoms with Crippen molar-refractivity contribution in [2.45, 2.75) is 6.54 Å². The number of hydrogen-bond donors (Lipinski definition) is 1. The average Bonchev–Trinajstić information content (AvgIpc) is 3.34. The second-order valence-electron chi connectivity index (χ2n) is 6.49. The fraction of sp³-hybridized carbons (Fsp3) is 0.167. The van der Waals surface area contributed by atoms with E-state index in [2.05, 4.69) is 21.2 Å². The molecule has 8 heteroatoms. The van der Waals surface area contributed by atoms with Crippen molar-refractivity contribution in [2.75, 3.05) is 20.3 Å². The number of carbonyl (C=O) groups is 1. The fourth-order valence-corrected chi connectivity index (χ4v) is 2.99. The summed E-state index contributed by atoms with van der Waals surface area (Å²) in [4.78, 5) is 12.3. The van der Waals surface area contributed by atoms with Gasteiger partial charge in [-0.2, -0.15) is 5.26 Å². The molecule has 32 heavy (non-hydrogen) atoms. The Morgan fingerprint density at radius 2 is 1.91 bits per heavy atom. The van der Waals surface area contributed by atoms with E-state index in [-0.39, 0.29) is 12.1 Å². The van der Waals surface area contributed by atoms with Crippen LogP contribution in [0.25, 0.3) is 6.08 Å². The molecule has 0 atom stereocenters. The lowest BCUT2D eigenvalue weighted by molar-refractivity contribution is -0.117. The number of benzene rings is 2. The molecule has 0 radical (unpaired) electrons. The molecule has 0 bridgehead atoms. The number of ether oxygens (including phenoxy) is 3. The van der Waals surface area contributed by atoms with E-state index in [1.165, 1.54) is 19.4 Å². The summed E-state index contributed by atoms with van der Waals surface area (Å²) < 4.78 is 22.9. The fourth-order valence-electron chi connectivity index (χ4n) is 2.73. The molecule has 7 nitrogen and oxygen atoms in total. The molecule has 0 aliphatic carbocycles. The number of halogens is 1. The van der Waals surface area contributed by atoms with Crippen molar-refractivity contribution in [3.8, 4) is 23.3 Å². The van der Waals surface area contributed by atoms with E-state index in [4.69, 9.17) is 18.6 Å². The van der Waals surface area contributed by atoms with Gasteiger partial charge in [0.15, 0.2) is 11.5 Å². The van der Waals surface area contributed by atoms with Crippen LogP contribution in [-0.4, -0.2) is 26.2 Å². The molecule has 1 heterocycles. The molecule has 0 unspecified atom stereocenters. The Morgan fingerprint density at radius 1 is 1.12 bits per heavy atom. The van der Waals surface area contributed by atoms with Crippen LogP contribution in [0.4, 0.5) is 0 Å². The van der Waals surface area contributed by atoms with E-state index in [0.29, 0.717) is 36.0 Å². The molecular weight excluding hydrogens is 476 g/mol. The maximum atomic E-state index is 12.3. The number of rotatable bonds is 10. The minimum Gasteiger partial charge on any atom is -0.493 e. The maximum Gasteiger partial charge on any atom is 0.262 e. The Kier molecular flexibility index (Phi) is 8.35. The quantitative estimate of drug-likeness (QED) is 0.247. The highest BCUT2D eigenvalue weighted by Gasteiger charge is 2.11. The first-order valence-electron chi connectivity index (χ1n) is 9.70. The number of nitriles is 1. The normalized spacial score (nSPS) is 10.8. The second-order valence-corrected chi connectivity index (χ2v) is 7.41. The van der Waals surface area contributed by atoms with E-state index in [1.807, 2.05) is 30.3 Å². The van der Waals surface area contributed by atoms with Crippen molar-refractivity contribution in [1.29, 1.82) is 5.26 Å². The summed E-state index contributed by atoms with van der Waals surface area (Å²) in [5, 5.41) is 12.0. The number of hydrogen-bond acceptors (Lipinski definition) is 6. The van der Waals surface area contributed by atoms with Crippen LogP contribution in [0.2, 0.25) is 0 Å². The highest BCUT2D eigenvalue weighted by atomic mass is 79.9. The number of nitrogens with one attached hydrogen (secondary N) is 1. The summed E-state index contributed by atoms with van der Waals surface area (Å²) in [5.41, 5.74) is 0.597. The van der Waals surface area contributed by atoms with Crippen LogP contribution >= 0.6 is 15.9 Å². The van der Waals surface area contributed by atoms with Crippen molar-refractivity contribution in [3.05, 3.63) is 82.2 Å². The van der Waals surface area contributed by atoms with Gasteiger partial charge in [-0.1, -0.05) is 22.0 Å². The molecule has 0 saturated heterocycles. The van der Waals surface area contributed by atoms with E-state index >= 15 is 0 Å². The van der Waals surface area contributed by atoms with Gasteiger partial charge in [-0.3, -0.25) is 4.79 Å². The summed E-state index contributed by atoms with van der Waals surface area (Å²) in [6.07, 6.45) is 3.01. The van der Waals surface area contributed by atoms with E-state index < -0.39 is 5.91 Å². The van der Waals surface area contributed by atoms with Gasteiger partial charge >= 0.3 is 0 Å². The molecule has 1 amide bonds. The number of furan rings is 1. The average molecular weight is 497 g/mol. The van der Waals surface area contributed by atoms with Gasteiger partial charge in [-0.25, -0.2) is 0 Å². The predicted molar refractivity (Wildman–Crippen MR) is 122 cm³/mol. The minimum atomic E-state index is -0.492. The van der Waals surface area contributed by atoms with E-state index in [9.17, 15) is 10.1 Å². The SMILES string of the molecule is COc1cc(/C=C(\C#N)C(=O)NCc2ccco2)ccc1OCCOc1ccc(Br)cc1. The highest BCUT2D eigenvalue weighted by Crippen LogP contribution is 2.29.